The molecule has 0 saturated carbocycles. The Morgan fingerprint density at radius 1 is 0.900 bits per heavy atom. The topological polar surface area (TPSA) is 61.8 Å². The molecule has 5 nitrogen and oxygen atoms in total. The normalized spacial score (nSPS) is 9.65. The zero-order chi connectivity index (χ0) is 15.3. The van der Waals surface area contributed by atoms with Crippen LogP contribution in [-0.4, -0.2) is 32.9 Å². The van der Waals surface area contributed by atoms with E-state index in [1.54, 1.807) is 12.1 Å². The molecule has 0 bridgehead atoms. The monoisotopic (exact) mass is 278 g/mol. The summed E-state index contributed by atoms with van der Waals surface area (Å²) in [6.07, 6.45) is 1.51. The summed E-state index contributed by atoms with van der Waals surface area (Å²) in [5.74, 6) is 0.811. The maximum Gasteiger partial charge on any atom is 0.203 e. The number of allylic oxidation sites excluding steroid dienone is 1. The molecule has 0 aliphatic rings. The van der Waals surface area contributed by atoms with Gasteiger partial charge in [0.1, 0.15) is 0 Å². The van der Waals surface area contributed by atoms with Crippen LogP contribution >= 0.6 is 0 Å². The number of ketones is 2. The highest BCUT2D eigenvalue weighted by molar-refractivity contribution is 6.21. The molecule has 0 heterocycles. The van der Waals surface area contributed by atoms with E-state index in [4.69, 9.17) is 14.2 Å². The van der Waals surface area contributed by atoms with E-state index in [1.165, 1.54) is 41.3 Å². The zero-order valence-corrected chi connectivity index (χ0v) is 12.3. The molecule has 0 N–H and O–H groups in total. The Bertz CT molecular complexity index is 516. The molecule has 0 unspecified atom stereocenters. The van der Waals surface area contributed by atoms with Gasteiger partial charge in [-0.05, 0) is 37.6 Å². The number of carbonyl (C=O) groups is 2. The predicted molar refractivity (Wildman–Crippen MR) is 75.4 cm³/mol. The Labute approximate surface area is 118 Å². The Morgan fingerprint density at radius 3 is 1.65 bits per heavy atom. The highest BCUT2D eigenvalue weighted by Gasteiger charge is 2.14. The van der Waals surface area contributed by atoms with Crippen LogP contribution in [0.15, 0.2) is 17.7 Å². The lowest BCUT2D eigenvalue weighted by Crippen LogP contribution is -2.05. The van der Waals surface area contributed by atoms with E-state index in [1.807, 2.05) is 0 Å². The average molecular weight is 278 g/mol. The third kappa shape index (κ3) is 3.38. The molecule has 0 aliphatic heterocycles. The number of carbonyl (C=O) groups excluding carboxylic acids is 2. The van der Waals surface area contributed by atoms with Crippen molar-refractivity contribution < 1.29 is 23.8 Å². The molecule has 0 fully saturated rings. The fraction of sp³-hybridized carbons (Fsp3) is 0.333. The number of hydrogen-bond donors (Lipinski definition) is 0. The maximum atomic E-state index is 11.4. The minimum atomic E-state index is -0.286. The van der Waals surface area contributed by atoms with Gasteiger partial charge in [0.05, 0.1) is 26.9 Å². The van der Waals surface area contributed by atoms with E-state index in [9.17, 15) is 9.59 Å². The first-order chi connectivity index (χ1) is 9.44. The summed E-state index contributed by atoms with van der Waals surface area (Å²) in [5.41, 5.74) is 0.749. The summed E-state index contributed by atoms with van der Waals surface area (Å²) in [6, 6.07) is 3.35. The predicted octanol–water partition coefficient (Wildman–Crippen LogP) is 2.27. The smallest absolute Gasteiger partial charge is 0.203 e. The molecule has 0 spiro atoms. The quantitative estimate of drug-likeness (QED) is 0.454. The van der Waals surface area contributed by atoms with Crippen molar-refractivity contribution in [2.45, 2.75) is 13.8 Å². The Morgan fingerprint density at radius 2 is 1.35 bits per heavy atom. The molecule has 1 aromatic carbocycles. The van der Waals surface area contributed by atoms with Crippen LogP contribution in [0.3, 0.4) is 0 Å². The van der Waals surface area contributed by atoms with Gasteiger partial charge >= 0.3 is 0 Å². The number of ether oxygens (including phenoxy) is 3. The van der Waals surface area contributed by atoms with E-state index in [0.717, 1.165) is 0 Å². The maximum absolute atomic E-state index is 11.4. The molecule has 0 saturated heterocycles. The van der Waals surface area contributed by atoms with E-state index in [-0.39, 0.29) is 17.1 Å². The second kappa shape index (κ2) is 6.75. The summed E-state index contributed by atoms with van der Waals surface area (Å²) < 4.78 is 15.6. The number of benzene rings is 1. The zero-order valence-electron chi connectivity index (χ0n) is 12.3. The van der Waals surface area contributed by atoms with Gasteiger partial charge < -0.3 is 14.2 Å². The van der Waals surface area contributed by atoms with Crippen molar-refractivity contribution in [3.63, 3.8) is 0 Å². The molecule has 5 heteroatoms. The molecular formula is C15H18O5. The molecule has 0 aliphatic carbocycles. The number of hydrogen-bond acceptors (Lipinski definition) is 5. The van der Waals surface area contributed by atoms with Gasteiger partial charge in [-0.3, -0.25) is 9.59 Å². The second-order valence-electron chi connectivity index (χ2n) is 4.13. The minimum absolute atomic E-state index is 0.124. The second-order valence-corrected chi connectivity index (χ2v) is 4.13. The van der Waals surface area contributed by atoms with Gasteiger partial charge in [0, 0.05) is 0 Å². The molecule has 20 heavy (non-hydrogen) atoms. The molecular weight excluding hydrogens is 260 g/mol. The summed E-state index contributed by atoms with van der Waals surface area (Å²) in [4.78, 5) is 22.9. The van der Waals surface area contributed by atoms with Gasteiger partial charge in [0.15, 0.2) is 23.1 Å². The van der Waals surface area contributed by atoms with Crippen LogP contribution in [0.5, 0.6) is 17.2 Å². The Kier molecular flexibility index (Phi) is 5.32. The first kappa shape index (κ1) is 15.8. The van der Waals surface area contributed by atoms with E-state index in [0.29, 0.717) is 22.8 Å². The van der Waals surface area contributed by atoms with Gasteiger partial charge in [-0.2, -0.15) is 0 Å². The van der Waals surface area contributed by atoms with Crippen LogP contribution < -0.4 is 14.2 Å². The van der Waals surface area contributed by atoms with Crippen molar-refractivity contribution in [1.29, 1.82) is 0 Å². The van der Waals surface area contributed by atoms with Crippen molar-refractivity contribution >= 4 is 17.6 Å². The van der Waals surface area contributed by atoms with Crippen molar-refractivity contribution in [1.82, 2.24) is 0 Å². The largest absolute Gasteiger partial charge is 0.493 e. The third-order valence-electron chi connectivity index (χ3n) is 2.76. The molecule has 0 aromatic heterocycles. The summed E-state index contributed by atoms with van der Waals surface area (Å²) in [6.45, 7) is 2.70. The van der Waals surface area contributed by atoms with Gasteiger partial charge in [-0.15, -0.1) is 0 Å². The Hall–Kier alpha value is -2.30. The lowest BCUT2D eigenvalue weighted by Gasteiger charge is -2.13. The average Bonchev–Trinajstić information content (AvgIpc) is 2.42. The van der Waals surface area contributed by atoms with Crippen LogP contribution in [0.1, 0.15) is 19.4 Å². The number of methoxy groups -OCH3 is 3. The van der Waals surface area contributed by atoms with Gasteiger partial charge in [-0.1, -0.05) is 0 Å². The van der Waals surface area contributed by atoms with Crippen molar-refractivity contribution in [2.24, 2.45) is 0 Å². The summed E-state index contributed by atoms with van der Waals surface area (Å²) >= 11 is 0. The van der Waals surface area contributed by atoms with Crippen molar-refractivity contribution in [3.05, 3.63) is 23.3 Å². The Balaban J connectivity index is 3.43. The minimum Gasteiger partial charge on any atom is -0.493 e. The molecule has 0 atom stereocenters. The standard InChI is InChI=1S/C15H18O5/c1-9(16)12(10(2)17)6-11-7-13(18-3)15(20-5)14(8-11)19-4/h6-8H,1-5H3. The van der Waals surface area contributed by atoms with Crippen LogP contribution in [0.4, 0.5) is 0 Å². The molecule has 0 amide bonds. The fourth-order valence-corrected chi connectivity index (χ4v) is 1.80. The van der Waals surface area contributed by atoms with Gasteiger partial charge in [0.2, 0.25) is 5.75 Å². The van der Waals surface area contributed by atoms with Crippen LogP contribution in [-0.2, 0) is 9.59 Å². The van der Waals surface area contributed by atoms with Crippen molar-refractivity contribution in [2.75, 3.05) is 21.3 Å². The van der Waals surface area contributed by atoms with Gasteiger partial charge in [0.25, 0.3) is 0 Å². The van der Waals surface area contributed by atoms with E-state index in [2.05, 4.69) is 0 Å². The fourth-order valence-electron chi connectivity index (χ4n) is 1.80. The number of Topliss-reactive ketones (excluding diaryl/α,β-unsaturated/α-hetero) is 2. The highest BCUT2D eigenvalue weighted by atomic mass is 16.5. The lowest BCUT2D eigenvalue weighted by molar-refractivity contribution is -0.119. The molecule has 108 valence electrons. The first-order valence-corrected chi connectivity index (χ1v) is 5.98. The summed E-state index contributed by atoms with van der Waals surface area (Å²) in [7, 11) is 4.51. The number of rotatable bonds is 6. The van der Waals surface area contributed by atoms with Crippen LogP contribution in [0, 0.1) is 0 Å². The SMILES string of the molecule is COc1cc(C=C(C(C)=O)C(C)=O)cc(OC)c1OC. The third-order valence-corrected chi connectivity index (χ3v) is 2.76. The molecule has 0 radical (unpaired) electrons. The molecule has 1 aromatic rings. The first-order valence-electron chi connectivity index (χ1n) is 5.98. The summed E-state index contributed by atoms with van der Waals surface area (Å²) in [5, 5.41) is 0. The van der Waals surface area contributed by atoms with Crippen molar-refractivity contribution in [3.8, 4) is 17.2 Å². The van der Waals surface area contributed by atoms with E-state index < -0.39 is 0 Å². The molecule has 1 rings (SSSR count). The van der Waals surface area contributed by atoms with Crippen LogP contribution in [0.25, 0.3) is 6.08 Å². The van der Waals surface area contributed by atoms with E-state index >= 15 is 0 Å². The van der Waals surface area contributed by atoms with Crippen LogP contribution in [0.2, 0.25) is 0 Å². The highest BCUT2D eigenvalue weighted by Crippen LogP contribution is 2.38. The van der Waals surface area contributed by atoms with Gasteiger partial charge in [-0.25, -0.2) is 0 Å². The lowest BCUT2D eigenvalue weighted by atomic mass is 10.0.